The van der Waals surface area contributed by atoms with Crippen molar-refractivity contribution in [2.45, 2.75) is 26.3 Å². The molecule has 0 aliphatic carbocycles. The Labute approximate surface area is 123 Å². The van der Waals surface area contributed by atoms with Gasteiger partial charge in [-0.15, -0.1) is 0 Å². The van der Waals surface area contributed by atoms with Gasteiger partial charge in [-0.05, 0) is 18.1 Å². The Bertz CT molecular complexity index is 554. The fourth-order valence-corrected chi connectivity index (χ4v) is 1.80. The molecule has 21 heavy (non-hydrogen) atoms. The fraction of sp³-hybridized carbons (Fsp3) is 0.400. The van der Waals surface area contributed by atoms with Crippen LogP contribution in [-0.2, 0) is 4.79 Å². The van der Waals surface area contributed by atoms with Gasteiger partial charge in [0.15, 0.2) is 0 Å². The van der Waals surface area contributed by atoms with Crippen molar-refractivity contribution >= 4 is 11.8 Å². The first-order chi connectivity index (χ1) is 10.0. The lowest BCUT2D eigenvalue weighted by atomic mass is 9.98. The highest BCUT2D eigenvalue weighted by atomic mass is 19.1. The van der Waals surface area contributed by atoms with Crippen molar-refractivity contribution in [2.75, 3.05) is 6.54 Å². The van der Waals surface area contributed by atoms with Gasteiger partial charge in [0.2, 0.25) is 5.91 Å². The minimum Gasteiger partial charge on any atom is -0.341 e. The number of halogens is 1. The van der Waals surface area contributed by atoms with Crippen LogP contribution in [0.15, 0.2) is 24.3 Å². The number of nitrogens with zero attached hydrogens (tertiary/aromatic N) is 1. The van der Waals surface area contributed by atoms with Crippen molar-refractivity contribution in [2.24, 2.45) is 5.92 Å². The number of rotatable bonds is 6. The largest absolute Gasteiger partial charge is 0.341 e. The maximum Gasteiger partial charge on any atom is 0.254 e. The molecule has 112 valence electrons. The number of hydrogen-bond acceptors (Lipinski definition) is 3. The minimum absolute atomic E-state index is 0.112. The highest BCUT2D eigenvalue weighted by molar-refractivity contribution is 5.97. The lowest BCUT2D eigenvalue weighted by molar-refractivity contribution is -0.123. The molecular weight excluding hydrogens is 273 g/mol. The van der Waals surface area contributed by atoms with Gasteiger partial charge in [-0.3, -0.25) is 9.59 Å². The number of carbonyl (C=O) groups excluding carboxylic acids is 2. The molecule has 0 radical (unpaired) electrons. The molecule has 0 aromatic heterocycles. The van der Waals surface area contributed by atoms with Crippen molar-refractivity contribution in [1.82, 2.24) is 10.6 Å². The summed E-state index contributed by atoms with van der Waals surface area (Å²) in [5, 5.41) is 13.4. The molecule has 1 aromatic carbocycles. The monoisotopic (exact) mass is 291 g/mol. The van der Waals surface area contributed by atoms with Crippen LogP contribution in [0.2, 0.25) is 0 Å². The lowest BCUT2D eigenvalue weighted by Crippen LogP contribution is -2.50. The minimum atomic E-state index is -0.810. The zero-order valence-electron chi connectivity index (χ0n) is 12.0. The zero-order valence-corrected chi connectivity index (χ0v) is 12.0. The summed E-state index contributed by atoms with van der Waals surface area (Å²) in [4.78, 5) is 24.1. The molecule has 1 unspecified atom stereocenters. The number of nitriles is 1. The van der Waals surface area contributed by atoms with E-state index in [1.54, 1.807) is 19.1 Å². The lowest BCUT2D eigenvalue weighted by Gasteiger charge is -2.23. The predicted molar refractivity (Wildman–Crippen MR) is 75.7 cm³/mol. The van der Waals surface area contributed by atoms with Gasteiger partial charge in [0.25, 0.3) is 5.91 Å². The Morgan fingerprint density at radius 2 is 2.05 bits per heavy atom. The first kappa shape index (κ1) is 16.6. The van der Waals surface area contributed by atoms with Gasteiger partial charge in [-0.2, -0.15) is 5.26 Å². The topological polar surface area (TPSA) is 82.0 Å². The Morgan fingerprint density at radius 3 is 2.62 bits per heavy atom. The summed E-state index contributed by atoms with van der Waals surface area (Å²) in [6.07, 6.45) is 0.655. The molecule has 1 rings (SSSR count). The molecule has 6 heteroatoms. The average molecular weight is 291 g/mol. The first-order valence-electron chi connectivity index (χ1n) is 6.71. The van der Waals surface area contributed by atoms with Gasteiger partial charge >= 0.3 is 0 Å². The SMILES string of the molecule is CCC(C)[C@H](NC(=O)c1ccccc1F)C(=O)NCC#N. The van der Waals surface area contributed by atoms with Gasteiger partial charge in [-0.25, -0.2) is 4.39 Å². The number of amides is 2. The Hall–Kier alpha value is -2.42. The smallest absolute Gasteiger partial charge is 0.254 e. The van der Waals surface area contributed by atoms with Crippen molar-refractivity contribution in [3.8, 4) is 6.07 Å². The Balaban J connectivity index is 2.86. The van der Waals surface area contributed by atoms with E-state index in [-0.39, 0.29) is 18.0 Å². The summed E-state index contributed by atoms with van der Waals surface area (Å²) in [6, 6.07) is 6.56. The summed E-state index contributed by atoms with van der Waals surface area (Å²) >= 11 is 0. The summed E-state index contributed by atoms with van der Waals surface area (Å²) < 4.78 is 13.6. The molecule has 0 saturated carbocycles. The van der Waals surface area contributed by atoms with Crippen LogP contribution in [-0.4, -0.2) is 24.4 Å². The third-order valence-corrected chi connectivity index (χ3v) is 3.24. The van der Waals surface area contributed by atoms with Crippen LogP contribution in [0.3, 0.4) is 0 Å². The normalized spacial score (nSPS) is 12.9. The summed E-state index contributed by atoms with van der Waals surface area (Å²) in [5.74, 6) is -1.88. The molecule has 0 spiro atoms. The fourth-order valence-electron chi connectivity index (χ4n) is 1.80. The number of nitrogens with one attached hydrogen (secondary N) is 2. The molecule has 0 fully saturated rings. The van der Waals surface area contributed by atoms with E-state index in [0.717, 1.165) is 0 Å². The van der Waals surface area contributed by atoms with E-state index in [1.807, 2.05) is 6.92 Å². The molecule has 2 amide bonds. The molecule has 5 nitrogen and oxygen atoms in total. The average Bonchev–Trinajstić information content (AvgIpc) is 2.49. The Kier molecular flexibility index (Phi) is 6.34. The van der Waals surface area contributed by atoms with Gasteiger partial charge in [0.05, 0.1) is 11.6 Å². The third kappa shape index (κ3) is 4.56. The van der Waals surface area contributed by atoms with E-state index >= 15 is 0 Å². The van der Waals surface area contributed by atoms with Crippen LogP contribution in [0.1, 0.15) is 30.6 Å². The van der Waals surface area contributed by atoms with Gasteiger partial charge < -0.3 is 10.6 Å². The highest BCUT2D eigenvalue weighted by Crippen LogP contribution is 2.11. The van der Waals surface area contributed by atoms with Crippen LogP contribution in [0, 0.1) is 23.1 Å². The van der Waals surface area contributed by atoms with E-state index in [0.29, 0.717) is 6.42 Å². The molecule has 0 heterocycles. The van der Waals surface area contributed by atoms with E-state index in [4.69, 9.17) is 5.26 Å². The van der Waals surface area contributed by atoms with E-state index in [9.17, 15) is 14.0 Å². The first-order valence-corrected chi connectivity index (χ1v) is 6.71. The summed E-state index contributed by atoms with van der Waals surface area (Å²) in [6.45, 7) is 3.55. The van der Waals surface area contributed by atoms with Crippen molar-refractivity contribution in [1.29, 1.82) is 5.26 Å². The molecule has 0 aliphatic heterocycles. The van der Waals surface area contributed by atoms with Gasteiger partial charge in [0.1, 0.15) is 18.4 Å². The standard InChI is InChI=1S/C15H18FN3O2/c1-3-10(2)13(15(21)18-9-8-17)19-14(20)11-6-4-5-7-12(11)16/h4-7,10,13H,3,9H2,1-2H3,(H,18,21)(H,19,20)/t10?,13-/m0/s1. The summed E-state index contributed by atoms with van der Waals surface area (Å²) in [7, 11) is 0. The van der Waals surface area contributed by atoms with E-state index in [2.05, 4.69) is 10.6 Å². The van der Waals surface area contributed by atoms with Crippen LogP contribution >= 0.6 is 0 Å². The second-order valence-electron chi connectivity index (χ2n) is 4.69. The Morgan fingerprint density at radius 1 is 1.38 bits per heavy atom. The molecule has 2 atom stereocenters. The molecular formula is C15H18FN3O2. The maximum atomic E-state index is 13.6. The van der Waals surface area contributed by atoms with Crippen LogP contribution in [0.4, 0.5) is 4.39 Å². The van der Waals surface area contributed by atoms with Gasteiger partial charge in [0, 0.05) is 0 Å². The second kappa shape index (κ2) is 8.00. The molecule has 0 saturated heterocycles. The van der Waals surface area contributed by atoms with Crippen LogP contribution in [0.25, 0.3) is 0 Å². The molecule has 0 bridgehead atoms. The van der Waals surface area contributed by atoms with Crippen LogP contribution < -0.4 is 10.6 Å². The zero-order chi connectivity index (χ0) is 15.8. The number of hydrogen-bond donors (Lipinski definition) is 2. The number of benzene rings is 1. The quantitative estimate of drug-likeness (QED) is 0.781. The number of carbonyl (C=O) groups is 2. The molecule has 2 N–H and O–H groups in total. The van der Waals surface area contributed by atoms with Crippen LogP contribution in [0.5, 0.6) is 0 Å². The van der Waals surface area contributed by atoms with Crippen molar-refractivity contribution in [3.63, 3.8) is 0 Å². The summed E-state index contributed by atoms with van der Waals surface area (Å²) in [5.41, 5.74) is -0.112. The maximum absolute atomic E-state index is 13.6. The van der Waals surface area contributed by atoms with Crippen molar-refractivity contribution < 1.29 is 14.0 Å². The van der Waals surface area contributed by atoms with Gasteiger partial charge in [-0.1, -0.05) is 32.4 Å². The molecule has 1 aromatic rings. The highest BCUT2D eigenvalue weighted by Gasteiger charge is 2.26. The van der Waals surface area contributed by atoms with Crippen molar-refractivity contribution in [3.05, 3.63) is 35.6 Å². The second-order valence-corrected chi connectivity index (χ2v) is 4.69. The third-order valence-electron chi connectivity index (χ3n) is 3.24. The van der Waals surface area contributed by atoms with E-state index in [1.165, 1.54) is 18.2 Å². The predicted octanol–water partition coefficient (Wildman–Crippen LogP) is 1.61. The van der Waals surface area contributed by atoms with E-state index < -0.39 is 23.7 Å². The molecule has 0 aliphatic rings.